The lowest BCUT2D eigenvalue weighted by Crippen LogP contribution is -2.24. The van der Waals surface area contributed by atoms with E-state index in [0.717, 1.165) is 5.56 Å². The van der Waals surface area contributed by atoms with E-state index in [1.54, 1.807) is 12.3 Å². The van der Waals surface area contributed by atoms with E-state index >= 15 is 0 Å². The molecule has 5 heteroatoms. The van der Waals surface area contributed by atoms with Crippen molar-refractivity contribution < 1.29 is 14.3 Å². The normalized spacial score (nSPS) is 9.27. The largest absolute Gasteiger partial charge is 0.445 e. The van der Waals surface area contributed by atoms with Crippen molar-refractivity contribution in [2.45, 2.75) is 6.61 Å². The van der Waals surface area contributed by atoms with E-state index in [4.69, 9.17) is 4.74 Å². The second-order valence-electron chi connectivity index (χ2n) is 4.34. The predicted molar refractivity (Wildman–Crippen MR) is 81.1 cm³/mol. The number of nitrogens with one attached hydrogen (secondary N) is 1. The van der Waals surface area contributed by atoms with Crippen LogP contribution in [0.4, 0.5) is 4.79 Å². The average molecular weight is 294 g/mol. The summed E-state index contributed by atoms with van der Waals surface area (Å²) in [6.45, 7) is 0.365. The van der Waals surface area contributed by atoms with Crippen LogP contribution >= 0.6 is 0 Å². The molecule has 0 fully saturated rings. The van der Waals surface area contributed by atoms with E-state index in [1.807, 2.05) is 30.3 Å². The van der Waals surface area contributed by atoms with Crippen LogP contribution in [0.25, 0.3) is 0 Å². The molecule has 22 heavy (non-hydrogen) atoms. The van der Waals surface area contributed by atoms with E-state index in [9.17, 15) is 9.59 Å². The molecule has 1 aromatic heterocycles. The first-order valence-electron chi connectivity index (χ1n) is 6.61. The molecule has 0 radical (unpaired) electrons. The van der Waals surface area contributed by atoms with Gasteiger partial charge in [0.2, 0.25) is 0 Å². The van der Waals surface area contributed by atoms with Gasteiger partial charge in [-0.1, -0.05) is 42.2 Å². The maximum Gasteiger partial charge on any atom is 0.408 e. The first-order chi connectivity index (χ1) is 10.8. The van der Waals surface area contributed by atoms with E-state index in [1.165, 1.54) is 6.20 Å². The summed E-state index contributed by atoms with van der Waals surface area (Å²) in [5.74, 6) is 5.57. The predicted octanol–water partition coefficient (Wildman–Crippen LogP) is 2.17. The van der Waals surface area contributed by atoms with Gasteiger partial charge in [-0.3, -0.25) is 9.78 Å². The minimum atomic E-state index is -0.530. The third-order valence-corrected chi connectivity index (χ3v) is 2.66. The monoisotopic (exact) mass is 294 g/mol. The summed E-state index contributed by atoms with van der Waals surface area (Å²) in [5.41, 5.74) is 1.99. The number of aromatic nitrogens is 1. The molecule has 2 rings (SSSR count). The van der Waals surface area contributed by atoms with Gasteiger partial charge in [0.15, 0.2) is 6.29 Å². The summed E-state index contributed by atoms with van der Waals surface area (Å²) >= 11 is 0. The van der Waals surface area contributed by atoms with Crippen molar-refractivity contribution in [1.82, 2.24) is 10.3 Å². The van der Waals surface area contributed by atoms with Crippen LogP contribution in [0.2, 0.25) is 0 Å². The zero-order valence-corrected chi connectivity index (χ0v) is 11.8. The second-order valence-corrected chi connectivity index (χ2v) is 4.34. The maximum absolute atomic E-state index is 11.5. The highest BCUT2D eigenvalue weighted by Crippen LogP contribution is 2.00. The van der Waals surface area contributed by atoms with Crippen LogP contribution in [0.15, 0.2) is 48.8 Å². The lowest BCUT2D eigenvalue weighted by molar-refractivity contribution is 0.112. The van der Waals surface area contributed by atoms with Crippen molar-refractivity contribution in [3.8, 4) is 11.8 Å². The molecule has 0 bridgehead atoms. The summed E-state index contributed by atoms with van der Waals surface area (Å²) in [6.07, 6.45) is 3.18. The topological polar surface area (TPSA) is 68.3 Å². The fourth-order valence-corrected chi connectivity index (χ4v) is 1.63. The van der Waals surface area contributed by atoms with E-state index < -0.39 is 6.09 Å². The molecule has 2 aromatic rings. The Hall–Kier alpha value is -3.13. The van der Waals surface area contributed by atoms with E-state index in [0.29, 0.717) is 17.4 Å². The Kier molecular flexibility index (Phi) is 5.70. The molecule has 0 aliphatic carbocycles. The molecule has 5 nitrogen and oxygen atoms in total. The number of hydrogen-bond acceptors (Lipinski definition) is 4. The van der Waals surface area contributed by atoms with Gasteiger partial charge in [-0.05, 0) is 11.6 Å². The quantitative estimate of drug-likeness (QED) is 0.693. The van der Waals surface area contributed by atoms with E-state index in [2.05, 4.69) is 22.1 Å². The van der Waals surface area contributed by atoms with Crippen molar-refractivity contribution in [3.63, 3.8) is 0 Å². The van der Waals surface area contributed by atoms with Gasteiger partial charge < -0.3 is 10.1 Å². The Bertz CT molecular complexity index is 703. The van der Waals surface area contributed by atoms with Gasteiger partial charge >= 0.3 is 6.09 Å². The average Bonchev–Trinajstić information content (AvgIpc) is 2.58. The number of benzene rings is 1. The van der Waals surface area contributed by atoms with Gasteiger partial charge in [0.25, 0.3) is 0 Å². The summed E-state index contributed by atoms with van der Waals surface area (Å²) in [6, 6.07) is 11.0. The van der Waals surface area contributed by atoms with Gasteiger partial charge in [-0.25, -0.2) is 4.79 Å². The number of aldehydes is 1. The van der Waals surface area contributed by atoms with Gasteiger partial charge in [0.1, 0.15) is 6.61 Å². The Labute approximate surface area is 128 Å². The Morgan fingerprint density at radius 1 is 1.27 bits per heavy atom. The molecule has 0 saturated heterocycles. The Morgan fingerprint density at radius 2 is 2.09 bits per heavy atom. The minimum absolute atomic E-state index is 0.152. The minimum Gasteiger partial charge on any atom is -0.445 e. The van der Waals surface area contributed by atoms with Crippen molar-refractivity contribution in [2.24, 2.45) is 0 Å². The highest BCUT2D eigenvalue weighted by Gasteiger charge is 2.00. The Morgan fingerprint density at radius 3 is 2.86 bits per heavy atom. The van der Waals surface area contributed by atoms with Crippen molar-refractivity contribution in [3.05, 3.63) is 65.5 Å². The zero-order chi connectivity index (χ0) is 15.6. The van der Waals surface area contributed by atoms with Crippen LogP contribution in [0.5, 0.6) is 0 Å². The van der Waals surface area contributed by atoms with Crippen LogP contribution in [0.1, 0.15) is 21.5 Å². The fraction of sp³-hybridized carbons (Fsp3) is 0.118. The zero-order valence-electron chi connectivity index (χ0n) is 11.8. The van der Waals surface area contributed by atoms with Crippen LogP contribution < -0.4 is 5.32 Å². The van der Waals surface area contributed by atoms with Crippen LogP contribution in [0, 0.1) is 11.8 Å². The van der Waals surface area contributed by atoms with Crippen LogP contribution in [0.3, 0.4) is 0 Å². The molecule has 1 N–H and O–H groups in total. The molecule has 1 heterocycles. The molecule has 0 aliphatic heterocycles. The van der Waals surface area contributed by atoms with E-state index in [-0.39, 0.29) is 13.2 Å². The number of alkyl carbamates (subject to hydrolysis) is 1. The maximum atomic E-state index is 11.5. The summed E-state index contributed by atoms with van der Waals surface area (Å²) in [5, 5.41) is 2.53. The molecule has 110 valence electrons. The van der Waals surface area contributed by atoms with Gasteiger partial charge in [0, 0.05) is 23.5 Å². The number of carbonyl (C=O) groups excluding carboxylic acids is 2. The fourth-order valence-electron chi connectivity index (χ4n) is 1.63. The molecule has 1 amide bonds. The van der Waals surface area contributed by atoms with Gasteiger partial charge in [-0.15, -0.1) is 0 Å². The molecule has 0 aliphatic rings. The summed E-state index contributed by atoms with van der Waals surface area (Å²) in [7, 11) is 0. The molecular weight excluding hydrogens is 280 g/mol. The van der Waals surface area contributed by atoms with Crippen molar-refractivity contribution >= 4 is 12.4 Å². The molecule has 0 saturated carbocycles. The molecule has 0 spiro atoms. The van der Waals surface area contributed by atoms with Gasteiger partial charge in [0.05, 0.1) is 6.54 Å². The lowest BCUT2D eigenvalue weighted by atomic mass is 10.2. The number of hydrogen-bond donors (Lipinski definition) is 1. The first kappa shape index (κ1) is 15.3. The van der Waals surface area contributed by atoms with Gasteiger partial charge in [-0.2, -0.15) is 0 Å². The molecular formula is C17H14N2O3. The first-order valence-corrected chi connectivity index (χ1v) is 6.61. The lowest BCUT2D eigenvalue weighted by Gasteiger charge is -2.04. The smallest absolute Gasteiger partial charge is 0.408 e. The molecule has 0 unspecified atom stereocenters. The summed E-state index contributed by atoms with van der Waals surface area (Å²) < 4.78 is 5.04. The number of carbonyl (C=O) groups is 2. The molecule has 1 aromatic carbocycles. The standard InChI is InChI=1S/C17H14N2O3/c20-12-16-9-15(10-18-11-16)7-4-8-19-17(21)22-13-14-5-2-1-3-6-14/h1-3,5-6,9-12H,8,13H2,(H,19,21). The number of amides is 1. The SMILES string of the molecule is O=Cc1cncc(C#CCNC(=O)OCc2ccccc2)c1. The van der Waals surface area contributed by atoms with Crippen LogP contribution in [-0.4, -0.2) is 23.9 Å². The van der Waals surface area contributed by atoms with Crippen molar-refractivity contribution in [1.29, 1.82) is 0 Å². The molecule has 0 atom stereocenters. The highest BCUT2D eigenvalue weighted by atomic mass is 16.5. The second kappa shape index (κ2) is 8.22. The third kappa shape index (κ3) is 5.10. The van der Waals surface area contributed by atoms with Crippen molar-refractivity contribution in [2.75, 3.05) is 6.54 Å². The Balaban J connectivity index is 1.75. The number of pyridine rings is 1. The number of rotatable bonds is 4. The third-order valence-electron chi connectivity index (χ3n) is 2.66. The van der Waals surface area contributed by atoms with Crippen LogP contribution in [-0.2, 0) is 11.3 Å². The number of nitrogens with zero attached hydrogens (tertiary/aromatic N) is 1. The summed E-state index contributed by atoms with van der Waals surface area (Å²) in [4.78, 5) is 26.0. The highest BCUT2D eigenvalue weighted by molar-refractivity contribution is 5.74. The number of ether oxygens (including phenoxy) is 1.